The fourth-order valence-corrected chi connectivity index (χ4v) is 5.11. The number of alkyl halides is 3. The molecule has 1 N–H and O–H groups in total. The molecule has 182 valence electrons. The summed E-state index contributed by atoms with van der Waals surface area (Å²) < 4.78 is 49.9. The number of benzene rings is 1. The van der Waals surface area contributed by atoms with Crippen LogP contribution in [-0.4, -0.2) is 50.3 Å². The number of fused-ring (bicyclic) bond motifs is 1. The zero-order valence-electron chi connectivity index (χ0n) is 18.4. The molecule has 4 rings (SSSR count). The van der Waals surface area contributed by atoms with E-state index in [9.17, 15) is 18.0 Å². The molecule has 1 saturated heterocycles. The summed E-state index contributed by atoms with van der Waals surface area (Å²) in [6.07, 6.45) is -1.51. The molecule has 0 unspecified atom stereocenters. The van der Waals surface area contributed by atoms with E-state index in [1.165, 1.54) is 12.3 Å². The molecule has 0 aliphatic carbocycles. The number of aryl methyl sites for hydroxylation is 1. The molecule has 0 atom stereocenters. The van der Waals surface area contributed by atoms with Crippen LogP contribution in [0.3, 0.4) is 0 Å². The molecule has 0 saturated carbocycles. The number of hydrogen-bond donors (Lipinski definition) is 1. The van der Waals surface area contributed by atoms with Crippen LogP contribution in [0.2, 0.25) is 5.02 Å². The lowest BCUT2D eigenvalue weighted by molar-refractivity contribution is -0.153. The van der Waals surface area contributed by atoms with E-state index in [0.717, 1.165) is 24.3 Å². The summed E-state index contributed by atoms with van der Waals surface area (Å²) in [5, 5.41) is 3.21. The van der Waals surface area contributed by atoms with Gasteiger partial charge in [-0.25, -0.2) is 9.97 Å². The SMILES string of the molecule is Cn1c(C(=O)NC2(C)CCSCC2)nc2ccc(Oc3ncc(Cl)cc3OCC(F)(F)F)cc21. The predicted octanol–water partition coefficient (Wildman–Crippen LogP) is 5.37. The van der Waals surface area contributed by atoms with Crippen LogP contribution >= 0.6 is 23.4 Å². The number of imidazole rings is 1. The lowest BCUT2D eigenvalue weighted by Gasteiger charge is -2.34. The van der Waals surface area contributed by atoms with Crippen LogP contribution in [0, 0.1) is 0 Å². The van der Waals surface area contributed by atoms with Gasteiger partial charge in [-0.2, -0.15) is 24.9 Å². The first kappa shape index (κ1) is 24.5. The van der Waals surface area contributed by atoms with Crippen LogP contribution in [0.25, 0.3) is 11.0 Å². The number of pyridine rings is 1. The summed E-state index contributed by atoms with van der Waals surface area (Å²) >= 11 is 7.72. The van der Waals surface area contributed by atoms with Gasteiger partial charge in [-0.15, -0.1) is 0 Å². The Kier molecular flexibility index (Phi) is 6.86. The van der Waals surface area contributed by atoms with Gasteiger partial charge >= 0.3 is 6.18 Å². The Morgan fingerprint density at radius 1 is 1.29 bits per heavy atom. The Bertz CT molecular complexity index is 1210. The van der Waals surface area contributed by atoms with Crippen LogP contribution in [0.15, 0.2) is 30.5 Å². The van der Waals surface area contributed by atoms with Crippen molar-refractivity contribution in [1.29, 1.82) is 0 Å². The number of halogens is 4. The second-order valence-electron chi connectivity index (χ2n) is 8.23. The van der Waals surface area contributed by atoms with Gasteiger partial charge in [0, 0.05) is 30.9 Å². The topological polar surface area (TPSA) is 78.3 Å². The van der Waals surface area contributed by atoms with E-state index in [1.807, 2.05) is 18.7 Å². The van der Waals surface area contributed by atoms with Crippen molar-refractivity contribution in [2.75, 3.05) is 18.1 Å². The second-order valence-corrected chi connectivity index (χ2v) is 9.90. The molecule has 2 aromatic heterocycles. The maximum absolute atomic E-state index is 13.0. The normalized spacial score (nSPS) is 15.8. The van der Waals surface area contributed by atoms with Crippen molar-refractivity contribution in [3.05, 3.63) is 41.3 Å². The molecule has 0 bridgehead atoms. The van der Waals surface area contributed by atoms with E-state index in [4.69, 9.17) is 21.1 Å². The monoisotopic (exact) mass is 514 g/mol. The molecule has 0 radical (unpaired) electrons. The highest BCUT2D eigenvalue weighted by Crippen LogP contribution is 2.34. The fourth-order valence-electron chi connectivity index (χ4n) is 3.57. The predicted molar refractivity (Wildman–Crippen MR) is 124 cm³/mol. The van der Waals surface area contributed by atoms with Gasteiger partial charge in [-0.05, 0) is 43.4 Å². The third kappa shape index (κ3) is 5.69. The minimum absolute atomic E-state index is 0.104. The Balaban J connectivity index is 1.57. The van der Waals surface area contributed by atoms with Gasteiger partial charge in [0.05, 0.1) is 16.1 Å². The molecule has 1 aliphatic rings. The van der Waals surface area contributed by atoms with Crippen molar-refractivity contribution in [3.63, 3.8) is 0 Å². The number of ether oxygens (including phenoxy) is 2. The molecule has 1 aromatic carbocycles. The number of nitrogens with one attached hydrogen (secondary N) is 1. The zero-order valence-corrected chi connectivity index (χ0v) is 20.0. The number of carbonyl (C=O) groups is 1. The van der Waals surface area contributed by atoms with Gasteiger partial charge in [-0.3, -0.25) is 4.79 Å². The van der Waals surface area contributed by atoms with Crippen LogP contribution in [0.4, 0.5) is 13.2 Å². The van der Waals surface area contributed by atoms with E-state index in [2.05, 4.69) is 15.3 Å². The third-order valence-electron chi connectivity index (χ3n) is 5.46. The van der Waals surface area contributed by atoms with Gasteiger partial charge in [-0.1, -0.05) is 11.6 Å². The van der Waals surface area contributed by atoms with Crippen molar-refractivity contribution in [1.82, 2.24) is 19.9 Å². The minimum atomic E-state index is -4.53. The molecule has 1 amide bonds. The smallest absolute Gasteiger partial charge is 0.422 e. The van der Waals surface area contributed by atoms with Crippen molar-refractivity contribution < 1.29 is 27.4 Å². The Labute approximate surface area is 203 Å². The summed E-state index contributed by atoms with van der Waals surface area (Å²) in [6.45, 7) is 0.527. The summed E-state index contributed by atoms with van der Waals surface area (Å²) in [4.78, 5) is 21.3. The average Bonchev–Trinajstić information content (AvgIpc) is 3.10. The largest absolute Gasteiger partial charge is 0.478 e. The fraction of sp³-hybridized carbons (Fsp3) is 0.409. The van der Waals surface area contributed by atoms with Crippen molar-refractivity contribution in [2.24, 2.45) is 7.05 Å². The minimum Gasteiger partial charge on any atom is -0.478 e. The zero-order chi connectivity index (χ0) is 24.5. The molecular formula is C22H22ClF3N4O3S. The number of rotatable bonds is 6. The third-order valence-corrected chi connectivity index (χ3v) is 6.65. The van der Waals surface area contributed by atoms with Crippen LogP contribution < -0.4 is 14.8 Å². The lowest BCUT2D eigenvalue weighted by Crippen LogP contribution is -2.48. The van der Waals surface area contributed by atoms with E-state index in [1.54, 1.807) is 29.8 Å². The number of amides is 1. The van der Waals surface area contributed by atoms with Crippen LogP contribution in [-0.2, 0) is 7.05 Å². The highest BCUT2D eigenvalue weighted by atomic mass is 35.5. The van der Waals surface area contributed by atoms with Gasteiger partial charge in [0.25, 0.3) is 11.8 Å². The Morgan fingerprint density at radius 3 is 2.74 bits per heavy atom. The molecule has 0 spiro atoms. The van der Waals surface area contributed by atoms with Crippen molar-refractivity contribution >= 4 is 40.3 Å². The van der Waals surface area contributed by atoms with Gasteiger partial charge < -0.3 is 19.4 Å². The number of carbonyl (C=O) groups excluding carboxylic acids is 1. The summed E-state index contributed by atoms with van der Waals surface area (Å²) in [7, 11) is 1.71. The molecule has 7 nitrogen and oxygen atoms in total. The summed E-state index contributed by atoms with van der Waals surface area (Å²) in [5.41, 5.74) is 0.905. The van der Waals surface area contributed by atoms with E-state index >= 15 is 0 Å². The first-order valence-electron chi connectivity index (χ1n) is 10.4. The van der Waals surface area contributed by atoms with Gasteiger partial charge in [0.15, 0.2) is 18.2 Å². The number of aromatic nitrogens is 3. The Hall–Kier alpha value is -2.66. The molecule has 3 aromatic rings. The molecule has 1 aliphatic heterocycles. The standard InChI is InChI=1S/C22H22ClF3N4O3S/c1-21(5-7-34-8-6-21)29-19(31)18-28-15-4-3-14(10-16(15)30(18)2)33-20-17(9-13(23)11-27-20)32-12-22(24,25)26/h3-4,9-11H,5-8,12H2,1-2H3,(H,29,31). The summed E-state index contributed by atoms with van der Waals surface area (Å²) in [5.74, 6) is 1.85. The number of nitrogens with zero attached hydrogens (tertiary/aromatic N) is 3. The van der Waals surface area contributed by atoms with Gasteiger partial charge in [0.2, 0.25) is 0 Å². The van der Waals surface area contributed by atoms with Crippen LogP contribution in [0.5, 0.6) is 17.4 Å². The Morgan fingerprint density at radius 2 is 2.03 bits per heavy atom. The number of hydrogen-bond acceptors (Lipinski definition) is 6. The lowest BCUT2D eigenvalue weighted by atomic mass is 9.95. The number of thioether (sulfide) groups is 1. The van der Waals surface area contributed by atoms with E-state index < -0.39 is 12.8 Å². The first-order chi connectivity index (χ1) is 16.0. The summed E-state index contributed by atoms with van der Waals surface area (Å²) in [6, 6.07) is 6.07. The van der Waals surface area contributed by atoms with Crippen molar-refractivity contribution in [3.8, 4) is 17.4 Å². The quantitative estimate of drug-likeness (QED) is 0.476. The average molecular weight is 515 g/mol. The van der Waals surface area contributed by atoms with E-state index in [0.29, 0.717) is 11.0 Å². The maximum Gasteiger partial charge on any atom is 0.422 e. The highest BCUT2D eigenvalue weighted by molar-refractivity contribution is 7.99. The molecular weight excluding hydrogens is 493 g/mol. The van der Waals surface area contributed by atoms with Crippen LogP contribution in [0.1, 0.15) is 30.4 Å². The van der Waals surface area contributed by atoms with Crippen molar-refractivity contribution in [2.45, 2.75) is 31.5 Å². The molecule has 12 heteroatoms. The van der Waals surface area contributed by atoms with E-state index in [-0.39, 0.29) is 39.7 Å². The molecule has 34 heavy (non-hydrogen) atoms. The molecule has 3 heterocycles. The molecule has 1 fully saturated rings. The second kappa shape index (κ2) is 9.53. The highest BCUT2D eigenvalue weighted by Gasteiger charge is 2.31. The first-order valence-corrected chi connectivity index (χ1v) is 12.0. The maximum atomic E-state index is 13.0. The van der Waals surface area contributed by atoms with Gasteiger partial charge in [0.1, 0.15) is 5.75 Å².